The molecule has 1 atom stereocenters. The molecule has 1 N–H and O–H groups in total. The van der Waals surface area contributed by atoms with Crippen molar-refractivity contribution in [3.05, 3.63) is 54.6 Å². The maximum absolute atomic E-state index is 12.5. The molecule has 186 valence electrons. The van der Waals surface area contributed by atoms with Gasteiger partial charge in [0.05, 0.1) is 38.3 Å². The number of ether oxygens (including phenoxy) is 2. The molecule has 0 spiro atoms. The number of amides is 1. The van der Waals surface area contributed by atoms with E-state index in [1.54, 1.807) is 18.6 Å². The van der Waals surface area contributed by atoms with Crippen LogP contribution in [0.3, 0.4) is 0 Å². The fourth-order valence-corrected chi connectivity index (χ4v) is 4.08. The molecule has 1 amide bonds. The van der Waals surface area contributed by atoms with E-state index in [9.17, 15) is 4.79 Å². The van der Waals surface area contributed by atoms with Crippen molar-refractivity contribution in [2.45, 2.75) is 27.0 Å². The van der Waals surface area contributed by atoms with Crippen molar-refractivity contribution < 1.29 is 14.3 Å². The van der Waals surface area contributed by atoms with E-state index < -0.39 is 0 Å². The monoisotopic (exact) mass is 478 g/mol. The maximum Gasteiger partial charge on any atom is 0.225 e. The number of rotatable bonds is 5. The topological polar surface area (TPSA) is 92.7 Å². The van der Waals surface area contributed by atoms with Crippen LogP contribution in [-0.2, 0) is 14.3 Å². The Bertz CT molecular complexity index is 1050. The van der Waals surface area contributed by atoms with Gasteiger partial charge in [0.2, 0.25) is 5.91 Å². The number of aromatic nitrogens is 3. The number of hydrogen-bond donors (Lipinski definition) is 1. The van der Waals surface area contributed by atoms with Gasteiger partial charge in [0.25, 0.3) is 0 Å². The summed E-state index contributed by atoms with van der Waals surface area (Å²) in [5.41, 5.74) is 3.71. The molecular formula is C26H34N6O3. The Labute approximate surface area is 206 Å². The number of benzene rings is 1. The maximum atomic E-state index is 12.5. The molecule has 2 aliphatic rings. The van der Waals surface area contributed by atoms with Gasteiger partial charge < -0.3 is 24.6 Å². The van der Waals surface area contributed by atoms with Gasteiger partial charge in [-0.15, -0.1) is 0 Å². The van der Waals surface area contributed by atoms with Gasteiger partial charge in [0, 0.05) is 54.9 Å². The van der Waals surface area contributed by atoms with E-state index in [0.717, 1.165) is 43.3 Å². The molecule has 4 rings (SSSR count). The summed E-state index contributed by atoms with van der Waals surface area (Å²) in [4.78, 5) is 30.2. The lowest BCUT2D eigenvalue weighted by Crippen LogP contribution is -2.49. The lowest BCUT2D eigenvalue weighted by atomic mass is 10.1. The lowest BCUT2D eigenvalue weighted by molar-refractivity contribution is -0.141. The number of nitrogens with one attached hydrogen (secondary N) is 1. The lowest BCUT2D eigenvalue weighted by Gasteiger charge is -2.34. The van der Waals surface area contributed by atoms with E-state index in [1.165, 1.54) is 5.69 Å². The minimum atomic E-state index is -0.372. The van der Waals surface area contributed by atoms with Crippen LogP contribution in [0.15, 0.2) is 48.9 Å². The second-order valence-corrected chi connectivity index (χ2v) is 8.96. The van der Waals surface area contributed by atoms with Crippen LogP contribution in [0.1, 0.15) is 19.5 Å². The van der Waals surface area contributed by atoms with Crippen LogP contribution in [-0.4, -0.2) is 78.0 Å². The number of aryl methyl sites for hydroxylation is 1. The van der Waals surface area contributed by atoms with Crippen LogP contribution < -0.4 is 10.2 Å². The molecule has 9 heteroatoms. The Morgan fingerprint density at radius 1 is 1.09 bits per heavy atom. The smallest absolute Gasteiger partial charge is 0.225 e. The van der Waals surface area contributed by atoms with Crippen LogP contribution in [0.5, 0.6) is 0 Å². The zero-order chi connectivity index (χ0) is 24.6. The first-order valence-corrected chi connectivity index (χ1v) is 12.1. The van der Waals surface area contributed by atoms with Crippen molar-refractivity contribution >= 4 is 17.4 Å². The summed E-state index contributed by atoms with van der Waals surface area (Å²) >= 11 is 0. The molecule has 0 aliphatic carbocycles. The van der Waals surface area contributed by atoms with Gasteiger partial charge in [0.15, 0.2) is 0 Å². The average Bonchev–Trinajstić information content (AvgIpc) is 2.88. The second kappa shape index (κ2) is 11.9. The van der Waals surface area contributed by atoms with Crippen LogP contribution >= 0.6 is 0 Å². The number of hydrogen-bond acceptors (Lipinski definition) is 8. The van der Waals surface area contributed by atoms with Gasteiger partial charge >= 0.3 is 0 Å². The Kier molecular flexibility index (Phi) is 8.44. The van der Waals surface area contributed by atoms with Crippen molar-refractivity contribution in [2.24, 2.45) is 5.92 Å². The highest BCUT2D eigenvalue weighted by Gasteiger charge is 2.25. The van der Waals surface area contributed by atoms with E-state index in [-0.39, 0.29) is 18.1 Å². The van der Waals surface area contributed by atoms with Crippen LogP contribution in [0.2, 0.25) is 0 Å². The summed E-state index contributed by atoms with van der Waals surface area (Å²) in [6.07, 6.45) is 4.55. The van der Waals surface area contributed by atoms with Gasteiger partial charge in [-0.1, -0.05) is 26.0 Å². The quantitative estimate of drug-likeness (QED) is 0.701. The fourth-order valence-electron chi connectivity index (χ4n) is 4.08. The first-order valence-electron chi connectivity index (χ1n) is 12.1. The normalized spacial score (nSPS) is 18.2. The molecule has 0 saturated carbocycles. The molecule has 2 aliphatic heterocycles. The zero-order valence-electron chi connectivity index (χ0n) is 20.7. The standard InChI is InChI=1S/C26H34N6O3/c1-19(2)26(33)32-12-15-35-25(18-32)30-24-17-27-8-9-28-20(3)16-23(29-24)21-4-6-22(7-5-21)31-10-13-34-14-11-31/h4-9,16-17,19,25H,10-15,18H2,1-3H3,(H,29,30). The summed E-state index contributed by atoms with van der Waals surface area (Å²) < 4.78 is 11.4. The predicted molar refractivity (Wildman–Crippen MR) is 135 cm³/mol. The third-order valence-electron chi connectivity index (χ3n) is 5.93. The molecule has 1 aromatic heterocycles. The number of morpholine rings is 2. The Hall–Kier alpha value is -3.30. The Morgan fingerprint density at radius 3 is 2.60 bits per heavy atom. The largest absolute Gasteiger partial charge is 0.378 e. The number of anilines is 2. The number of nitrogens with zero attached hydrogens (tertiary/aromatic N) is 5. The third-order valence-corrected chi connectivity index (χ3v) is 5.93. The molecule has 2 fully saturated rings. The second-order valence-electron chi connectivity index (χ2n) is 8.96. The Balaban J connectivity index is 1.61. The van der Waals surface area contributed by atoms with Gasteiger partial charge in [-0.05, 0) is 25.1 Å². The van der Waals surface area contributed by atoms with E-state index in [1.807, 2.05) is 31.7 Å². The molecule has 9 nitrogen and oxygen atoms in total. The van der Waals surface area contributed by atoms with Crippen molar-refractivity contribution in [1.29, 1.82) is 0 Å². The summed E-state index contributed by atoms with van der Waals surface area (Å²) in [6.45, 7) is 10.5. The molecule has 1 unspecified atom stereocenters. The third kappa shape index (κ3) is 6.86. The van der Waals surface area contributed by atoms with Gasteiger partial charge in [-0.3, -0.25) is 14.8 Å². The molecule has 3 heterocycles. The van der Waals surface area contributed by atoms with E-state index in [4.69, 9.17) is 14.5 Å². The van der Waals surface area contributed by atoms with Crippen LogP contribution in [0.25, 0.3) is 11.3 Å². The molecule has 2 aromatic rings. The fraction of sp³-hybridized carbons (Fsp3) is 0.462. The highest BCUT2D eigenvalue weighted by atomic mass is 16.5. The van der Waals surface area contributed by atoms with E-state index >= 15 is 0 Å². The minimum Gasteiger partial charge on any atom is -0.378 e. The Morgan fingerprint density at radius 2 is 1.86 bits per heavy atom. The van der Waals surface area contributed by atoms with Crippen molar-refractivity contribution in [2.75, 3.05) is 56.2 Å². The van der Waals surface area contributed by atoms with Crippen LogP contribution in [0.4, 0.5) is 11.5 Å². The summed E-state index contributed by atoms with van der Waals surface area (Å²) in [5, 5.41) is 3.32. The molecule has 0 bridgehead atoms. The van der Waals surface area contributed by atoms with Gasteiger partial charge in [-0.2, -0.15) is 0 Å². The first kappa shape index (κ1) is 24.8. The summed E-state index contributed by atoms with van der Waals surface area (Å²) in [5.74, 6) is 0.623. The molecule has 35 heavy (non-hydrogen) atoms. The predicted octanol–water partition coefficient (Wildman–Crippen LogP) is 3.06. The molecular weight excluding hydrogens is 444 g/mol. The molecule has 1 aromatic carbocycles. The van der Waals surface area contributed by atoms with Crippen molar-refractivity contribution in [1.82, 2.24) is 19.9 Å². The minimum absolute atomic E-state index is 0.0521. The van der Waals surface area contributed by atoms with Crippen LogP contribution in [0, 0.1) is 12.8 Å². The molecule has 0 radical (unpaired) electrons. The van der Waals surface area contributed by atoms with Gasteiger partial charge in [0.1, 0.15) is 12.0 Å². The SMILES string of the molecule is Cc1cc(-c2ccc(N3CCOCC3)cc2)nc(NC2CN(C(=O)C(C)C)CCO2)cnccn1. The van der Waals surface area contributed by atoms with Gasteiger partial charge in [-0.25, -0.2) is 4.98 Å². The van der Waals surface area contributed by atoms with E-state index in [2.05, 4.69) is 44.5 Å². The van der Waals surface area contributed by atoms with E-state index in [0.29, 0.717) is 25.5 Å². The number of carbonyl (C=O) groups excluding carboxylic acids is 1. The summed E-state index contributed by atoms with van der Waals surface area (Å²) in [7, 11) is 0. The summed E-state index contributed by atoms with van der Waals surface area (Å²) in [6, 6.07) is 10.3. The van der Waals surface area contributed by atoms with Crippen molar-refractivity contribution in [3.8, 4) is 11.3 Å². The highest BCUT2D eigenvalue weighted by molar-refractivity contribution is 5.78. The highest BCUT2D eigenvalue weighted by Crippen LogP contribution is 2.23. The van der Waals surface area contributed by atoms with Crippen molar-refractivity contribution in [3.63, 3.8) is 0 Å². The number of carbonyl (C=O) groups is 1. The molecule has 2 saturated heterocycles. The average molecular weight is 479 g/mol. The zero-order valence-corrected chi connectivity index (χ0v) is 20.7. The first-order chi connectivity index (χ1) is 17.0.